The van der Waals surface area contributed by atoms with Crippen molar-refractivity contribution in [2.75, 3.05) is 18.4 Å². The van der Waals surface area contributed by atoms with E-state index in [0.717, 1.165) is 30.4 Å². The molecule has 116 valence electrons. The lowest BCUT2D eigenvalue weighted by Crippen LogP contribution is -2.35. The second-order valence-electron chi connectivity index (χ2n) is 5.12. The molecule has 2 aromatic rings. The van der Waals surface area contributed by atoms with Gasteiger partial charge in [-0.15, -0.1) is 0 Å². The first-order valence-corrected chi connectivity index (χ1v) is 9.06. The Balaban J connectivity index is 1.49. The summed E-state index contributed by atoms with van der Waals surface area (Å²) in [7, 11) is 0. The van der Waals surface area contributed by atoms with Crippen LogP contribution in [0.4, 0.5) is 5.95 Å². The summed E-state index contributed by atoms with van der Waals surface area (Å²) >= 11 is 11.1. The molecule has 1 aliphatic heterocycles. The van der Waals surface area contributed by atoms with Crippen molar-refractivity contribution in [2.45, 2.75) is 23.8 Å². The summed E-state index contributed by atoms with van der Waals surface area (Å²) in [5.74, 6) is 0.655. The number of nitrogens with one attached hydrogen (secondary N) is 1. The molecule has 0 saturated carbocycles. The van der Waals surface area contributed by atoms with Crippen LogP contribution in [-0.2, 0) is 0 Å². The Kier molecular flexibility index (Phi) is 5.57. The highest BCUT2D eigenvalue weighted by Crippen LogP contribution is 2.28. The summed E-state index contributed by atoms with van der Waals surface area (Å²) in [5.41, 5.74) is 0. The molecule has 3 rings (SSSR count). The lowest BCUT2D eigenvalue weighted by molar-refractivity contribution is 0.357. The lowest BCUT2D eigenvalue weighted by atomic mass is 10.1. The highest BCUT2D eigenvalue weighted by Gasteiger charge is 2.20. The molecular formula is C15H16BrClN4S. The molecule has 0 radical (unpaired) electrons. The molecule has 1 aliphatic rings. The van der Waals surface area contributed by atoms with E-state index in [4.69, 9.17) is 11.6 Å². The van der Waals surface area contributed by atoms with E-state index < -0.39 is 0 Å². The van der Waals surface area contributed by atoms with Gasteiger partial charge < -0.3 is 5.32 Å². The summed E-state index contributed by atoms with van der Waals surface area (Å²) < 4.78 is 3.52. The van der Waals surface area contributed by atoms with E-state index in [0.29, 0.717) is 17.0 Å². The molecule has 0 unspecified atom stereocenters. The van der Waals surface area contributed by atoms with Crippen molar-refractivity contribution in [3.05, 3.63) is 46.2 Å². The number of anilines is 1. The number of rotatable bonds is 4. The predicted octanol–water partition coefficient (Wildman–Crippen LogP) is 4.48. The third-order valence-electron chi connectivity index (χ3n) is 3.44. The molecular weight excluding hydrogens is 384 g/mol. The van der Waals surface area contributed by atoms with Crippen LogP contribution in [0.2, 0.25) is 5.02 Å². The summed E-state index contributed by atoms with van der Waals surface area (Å²) in [4.78, 5) is 9.65. The summed E-state index contributed by atoms with van der Waals surface area (Å²) in [6, 6.07) is 8.82. The molecule has 1 fully saturated rings. The Morgan fingerprint density at radius 2 is 1.95 bits per heavy atom. The maximum atomic E-state index is 5.80. The van der Waals surface area contributed by atoms with Gasteiger partial charge in [0.2, 0.25) is 5.95 Å². The van der Waals surface area contributed by atoms with Crippen LogP contribution < -0.4 is 5.32 Å². The average Bonchev–Trinajstić information content (AvgIpc) is 2.52. The minimum absolute atomic E-state index is 0.417. The fourth-order valence-corrected chi connectivity index (χ4v) is 3.99. The first-order valence-electron chi connectivity index (χ1n) is 7.11. The zero-order valence-electron chi connectivity index (χ0n) is 11.9. The molecule has 4 nitrogen and oxygen atoms in total. The van der Waals surface area contributed by atoms with Crippen molar-refractivity contribution in [3.8, 4) is 0 Å². The third-order valence-corrected chi connectivity index (χ3v) is 5.21. The van der Waals surface area contributed by atoms with Gasteiger partial charge in [0.1, 0.15) is 0 Å². The van der Waals surface area contributed by atoms with Crippen molar-refractivity contribution < 1.29 is 0 Å². The Hall–Kier alpha value is -0.820. The smallest absolute Gasteiger partial charge is 0.222 e. The van der Waals surface area contributed by atoms with Crippen molar-refractivity contribution in [1.29, 1.82) is 0 Å². The number of halogens is 2. The van der Waals surface area contributed by atoms with Crippen LogP contribution in [0.25, 0.3) is 0 Å². The molecule has 2 heterocycles. The minimum atomic E-state index is 0.417. The summed E-state index contributed by atoms with van der Waals surface area (Å²) in [6.07, 6.45) is 5.39. The number of hydrogen-bond acceptors (Lipinski definition) is 5. The fourth-order valence-electron chi connectivity index (χ4n) is 2.33. The monoisotopic (exact) mass is 398 g/mol. The molecule has 0 atom stereocenters. The number of aromatic nitrogens is 2. The quantitative estimate of drug-likeness (QED) is 0.768. The molecule has 7 heteroatoms. The van der Waals surface area contributed by atoms with Crippen molar-refractivity contribution in [3.63, 3.8) is 0 Å². The van der Waals surface area contributed by atoms with Gasteiger partial charge in [0.15, 0.2) is 0 Å². The Bertz CT molecular complexity index is 617. The zero-order chi connectivity index (χ0) is 15.4. The van der Waals surface area contributed by atoms with Gasteiger partial charge in [-0.05, 0) is 43.0 Å². The number of benzene rings is 1. The number of hydrogen-bond donors (Lipinski definition) is 1. The zero-order valence-corrected chi connectivity index (χ0v) is 15.0. The van der Waals surface area contributed by atoms with E-state index in [1.165, 1.54) is 4.90 Å². The Labute approximate surface area is 147 Å². The fraction of sp³-hybridized carbons (Fsp3) is 0.333. The standard InChI is InChI=1S/C15H16BrClN4S/c16-11-2-1-3-14(8-11)22-21-6-4-13(5-7-21)20-15-18-9-12(17)10-19-15/h1-3,8-10,13H,4-7H2,(H,18,19,20). The molecule has 1 aromatic heterocycles. The van der Waals surface area contributed by atoms with Gasteiger partial charge in [-0.3, -0.25) is 0 Å². The van der Waals surface area contributed by atoms with Crippen LogP contribution in [0.15, 0.2) is 46.0 Å². The Morgan fingerprint density at radius 1 is 1.23 bits per heavy atom. The van der Waals surface area contributed by atoms with E-state index in [9.17, 15) is 0 Å². The van der Waals surface area contributed by atoms with Gasteiger partial charge >= 0.3 is 0 Å². The average molecular weight is 400 g/mol. The van der Waals surface area contributed by atoms with Crippen LogP contribution in [-0.4, -0.2) is 33.4 Å². The van der Waals surface area contributed by atoms with Crippen LogP contribution in [0.1, 0.15) is 12.8 Å². The van der Waals surface area contributed by atoms with E-state index in [2.05, 4.69) is 53.7 Å². The van der Waals surface area contributed by atoms with Crippen molar-refractivity contribution >= 4 is 45.4 Å². The molecule has 1 aromatic carbocycles. The van der Waals surface area contributed by atoms with Crippen LogP contribution in [0.5, 0.6) is 0 Å². The second-order valence-corrected chi connectivity index (χ2v) is 7.64. The molecule has 0 amide bonds. The van der Waals surface area contributed by atoms with E-state index >= 15 is 0 Å². The first-order chi connectivity index (χ1) is 10.7. The highest BCUT2D eigenvalue weighted by molar-refractivity contribution is 9.10. The van der Waals surface area contributed by atoms with Gasteiger partial charge in [0.25, 0.3) is 0 Å². The van der Waals surface area contributed by atoms with E-state index in [1.807, 2.05) is 18.0 Å². The predicted molar refractivity (Wildman–Crippen MR) is 95.3 cm³/mol. The summed E-state index contributed by atoms with van der Waals surface area (Å²) in [5, 5.41) is 3.94. The molecule has 1 saturated heterocycles. The number of nitrogens with zero attached hydrogens (tertiary/aromatic N) is 3. The molecule has 0 aliphatic carbocycles. The van der Waals surface area contributed by atoms with Crippen LogP contribution >= 0.6 is 39.5 Å². The Morgan fingerprint density at radius 3 is 2.64 bits per heavy atom. The molecule has 1 N–H and O–H groups in total. The lowest BCUT2D eigenvalue weighted by Gasteiger charge is -2.31. The van der Waals surface area contributed by atoms with Crippen molar-refractivity contribution in [1.82, 2.24) is 14.3 Å². The normalized spacial score (nSPS) is 16.6. The maximum Gasteiger partial charge on any atom is 0.222 e. The van der Waals surface area contributed by atoms with Crippen molar-refractivity contribution in [2.24, 2.45) is 0 Å². The largest absolute Gasteiger partial charge is 0.351 e. The topological polar surface area (TPSA) is 41.1 Å². The van der Waals surface area contributed by atoms with Gasteiger partial charge in [0.05, 0.1) is 17.4 Å². The van der Waals surface area contributed by atoms with E-state index in [-0.39, 0.29) is 0 Å². The second kappa shape index (κ2) is 7.64. The first kappa shape index (κ1) is 16.1. The summed E-state index contributed by atoms with van der Waals surface area (Å²) in [6.45, 7) is 2.09. The van der Waals surface area contributed by atoms with Crippen LogP contribution in [0, 0.1) is 0 Å². The minimum Gasteiger partial charge on any atom is -0.351 e. The third kappa shape index (κ3) is 4.59. The van der Waals surface area contributed by atoms with Gasteiger partial charge in [-0.25, -0.2) is 14.3 Å². The highest BCUT2D eigenvalue weighted by atomic mass is 79.9. The SMILES string of the molecule is Clc1cnc(NC2CCN(Sc3cccc(Br)c3)CC2)nc1. The van der Waals surface area contributed by atoms with Gasteiger partial charge in [-0.1, -0.05) is 33.6 Å². The number of piperidine rings is 1. The van der Waals surface area contributed by atoms with Crippen LogP contribution in [0.3, 0.4) is 0 Å². The van der Waals surface area contributed by atoms with E-state index in [1.54, 1.807) is 12.4 Å². The molecule has 0 bridgehead atoms. The maximum absolute atomic E-state index is 5.80. The van der Waals surface area contributed by atoms with Gasteiger partial charge in [0, 0.05) is 28.5 Å². The van der Waals surface area contributed by atoms with Gasteiger partial charge in [-0.2, -0.15) is 0 Å². The molecule has 22 heavy (non-hydrogen) atoms. The molecule has 0 spiro atoms.